The number of hydrogen-bond acceptors (Lipinski definition) is 6. The second kappa shape index (κ2) is 7.53. The minimum atomic E-state index is -5.66. The van der Waals surface area contributed by atoms with Gasteiger partial charge in [0.2, 0.25) is 0 Å². The van der Waals surface area contributed by atoms with E-state index in [0.717, 1.165) is 0 Å². The number of alkyl halides is 2. The van der Waals surface area contributed by atoms with Crippen LogP contribution in [0.15, 0.2) is 6.58 Å². The average molecular weight is 456 g/mol. The van der Waals surface area contributed by atoms with E-state index in [1.807, 2.05) is 6.08 Å². The molecule has 0 aliphatic heterocycles. The van der Waals surface area contributed by atoms with E-state index in [2.05, 4.69) is 11.3 Å². The minimum Gasteiger partial charge on any atom is -0.486 e. The van der Waals surface area contributed by atoms with Gasteiger partial charge in [-0.05, 0) is 25.2 Å². The summed E-state index contributed by atoms with van der Waals surface area (Å²) in [6.45, 7) is 1.38. The van der Waals surface area contributed by atoms with Crippen LogP contribution in [0.25, 0.3) is 0 Å². The monoisotopic (exact) mass is 456 g/mol. The van der Waals surface area contributed by atoms with E-state index in [1.165, 1.54) is 0 Å². The number of esters is 2. The molecule has 4 atom stereocenters. The smallest absolute Gasteiger partial charge is 0.402 e. The van der Waals surface area contributed by atoms with Crippen molar-refractivity contribution in [3.8, 4) is 0 Å². The molecule has 11 heteroatoms. The van der Waals surface area contributed by atoms with E-state index in [0.29, 0.717) is 19.3 Å². The van der Waals surface area contributed by atoms with Crippen LogP contribution in [0, 0.1) is 23.8 Å². The maximum absolute atomic E-state index is 13.1. The van der Waals surface area contributed by atoms with Gasteiger partial charge in [-0.2, -0.15) is 17.2 Å². The summed E-state index contributed by atoms with van der Waals surface area (Å²) in [5.74, 6) is -2.78. The first-order chi connectivity index (χ1) is 10.5. The number of carbonyl (C=O) groups is 2. The molecule has 24 heavy (non-hydrogen) atoms. The van der Waals surface area contributed by atoms with Gasteiger partial charge in [0.25, 0.3) is 0 Å². The Morgan fingerprint density at radius 3 is 2.42 bits per heavy atom. The number of ether oxygens (including phenoxy) is 2. The van der Waals surface area contributed by atoms with E-state index >= 15 is 0 Å². The number of halogens is 2. The molecule has 2 aliphatic rings. The van der Waals surface area contributed by atoms with E-state index in [-0.39, 0.29) is 31.3 Å². The van der Waals surface area contributed by atoms with Gasteiger partial charge >= 0.3 is 21.3 Å². The van der Waals surface area contributed by atoms with E-state index in [9.17, 15) is 26.8 Å². The van der Waals surface area contributed by atoms with Crippen molar-refractivity contribution >= 4 is 22.1 Å². The summed E-state index contributed by atoms with van der Waals surface area (Å²) in [7, 11) is -5.66. The van der Waals surface area contributed by atoms with Crippen molar-refractivity contribution in [1.82, 2.24) is 0 Å². The van der Waals surface area contributed by atoms with Gasteiger partial charge < -0.3 is 15.5 Å². The van der Waals surface area contributed by atoms with Crippen LogP contribution in [-0.2, 0) is 48.7 Å². The molecule has 0 aromatic rings. The molecule has 2 bridgehead atoms. The topological polar surface area (TPSA) is 107 Å². The normalized spacial score (nSPS) is 28.8. The molecule has 0 amide bonds. The molecule has 0 saturated heterocycles. The van der Waals surface area contributed by atoms with Gasteiger partial charge in [0, 0.05) is 25.4 Å². The van der Waals surface area contributed by atoms with Gasteiger partial charge in [-0.15, -0.1) is 0 Å². The maximum atomic E-state index is 13.1. The van der Waals surface area contributed by atoms with Gasteiger partial charge in [0.05, 0.1) is 5.92 Å². The molecule has 1 radical (unpaired) electrons. The Morgan fingerprint density at radius 2 is 1.92 bits per heavy atom. The summed E-state index contributed by atoms with van der Waals surface area (Å²) >= 11 is 0. The van der Waals surface area contributed by atoms with Crippen molar-refractivity contribution in [2.24, 2.45) is 17.8 Å². The van der Waals surface area contributed by atoms with Crippen molar-refractivity contribution in [2.75, 3.05) is 6.61 Å². The Bertz CT molecular complexity index is 622. The Balaban J connectivity index is 0.00000288. The van der Waals surface area contributed by atoms with Gasteiger partial charge in [0.1, 0.15) is 12.1 Å². The van der Waals surface area contributed by atoms with Crippen molar-refractivity contribution in [3.05, 3.63) is 12.7 Å². The SMILES string of the molecule is C=[C-]C(=O)OC1CC2CC(C(=O)OCC(F)(F)S(=O)(=O)O)C1C2.[Rh]. The number of hydrogen-bond donors (Lipinski definition) is 1. The van der Waals surface area contributed by atoms with E-state index in [1.54, 1.807) is 0 Å². The number of fused-ring (bicyclic) bond motifs is 2. The third-order valence-electron chi connectivity index (χ3n) is 4.22. The summed E-state index contributed by atoms with van der Waals surface area (Å²) in [5.41, 5.74) is 0. The van der Waals surface area contributed by atoms with Gasteiger partial charge in [0.15, 0.2) is 6.61 Å². The molecule has 2 fully saturated rings. The third kappa shape index (κ3) is 4.37. The van der Waals surface area contributed by atoms with Gasteiger partial charge in [-0.3, -0.25) is 20.7 Å². The summed E-state index contributed by atoms with van der Waals surface area (Å²) in [6, 6.07) is 0. The third-order valence-corrected chi connectivity index (χ3v) is 5.09. The van der Waals surface area contributed by atoms with Crippen LogP contribution < -0.4 is 0 Å². The van der Waals surface area contributed by atoms with E-state index < -0.39 is 45.9 Å². The predicted octanol–water partition coefficient (Wildman–Crippen LogP) is 0.955. The minimum absolute atomic E-state index is 0. The summed E-state index contributed by atoms with van der Waals surface area (Å²) < 4.78 is 64.8. The fourth-order valence-electron chi connectivity index (χ4n) is 3.21. The van der Waals surface area contributed by atoms with Crippen LogP contribution >= 0.6 is 0 Å². The zero-order valence-electron chi connectivity index (χ0n) is 12.2. The van der Waals surface area contributed by atoms with Crippen molar-refractivity contribution in [2.45, 2.75) is 30.6 Å². The quantitative estimate of drug-likeness (QED) is 0.209. The molecule has 0 aromatic heterocycles. The fourth-order valence-corrected chi connectivity index (χ4v) is 3.42. The van der Waals surface area contributed by atoms with Crippen molar-refractivity contribution < 1.29 is 60.3 Å². The zero-order valence-corrected chi connectivity index (χ0v) is 14.7. The molecule has 0 aromatic carbocycles. The Labute approximate surface area is 150 Å². The summed E-state index contributed by atoms with van der Waals surface area (Å²) in [6.07, 6.45) is 3.03. The van der Waals surface area contributed by atoms with Crippen LogP contribution in [0.5, 0.6) is 0 Å². The van der Waals surface area contributed by atoms with Crippen LogP contribution in [0.3, 0.4) is 0 Å². The molecule has 2 aliphatic carbocycles. The Morgan fingerprint density at radius 1 is 1.29 bits per heavy atom. The number of carbonyl (C=O) groups excluding carboxylic acids is 2. The van der Waals surface area contributed by atoms with Crippen LogP contribution in [-0.4, -0.2) is 42.9 Å². The molecule has 7 nitrogen and oxygen atoms in total. The second-order valence-electron chi connectivity index (χ2n) is 5.68. The Hall–Kier alpha value is -0.927. The van der Waals surface area contributed by atoms with E-state index in [4.69, 9.17) is 9.29 Å². The molecule has 2 saturated carbocycles. The zero-order chi connectivity index (χ0) is 17.4. The standard InChI is InChI=1S/C13H15F2O7S.Rh/c1-2-11(16)22-10-5-7-3-8(10)9(4-7)12(17)21-6-13(14,15)23(18,19)20;/h7-10H,1,3-6H2,(H,18,19,20);/q-1;. The molecule has 139 valence electrons. The molecular formula is C13H15F2O7RhS-. The molecule has 0 spiro atoms. The average Bonchev–Trinajstić information content (AvgIpc) is 3.03. The van der Waals surface area contributed by atoms with Gasteiger partial charge in [-0.25, -0.2) is 0 Å². The molecular weight excluding hydrogens is 441 g/mol. The van der Waals surface area contributed by atoms with Crippen LogP contribution in [0.2, 0.25) is 0 Å². The molecule has 2 rings (SSSR count). The Kier molecular flexibility index (Phi) is 6.63. The first kappa shape index (κ1) is 21.1. The van der Waals surface area contributed by atoms with Crippen molar-refractivity contribution in [3.63, 3.8) is 0 Å². The fraction of sp³-hybridized carbons (Fsp3) is 0.692. The predicted molar refractivity (Wildman–Crippen MR) is 70.5 cm³/mol. The molecule has 1 N–H and O–H groups in total. The second-order valence-corrected chi connectivity index (χ2v) is 7.23. The maximum Gasteiger partial charge on any atom is 0.402 e. The number of rotatable bonds is 6. The summed E-state index contributed by atoms with van der Waals surface area (Å²) in [5, 5.41) is -4.57. The van der Waals surface area contributed by atoms with Crippen LogP contribution in [0.4, 0.5) is 8.78 Å². The summed E-state index contributed by atoms with van der Waals surface area (Å²) in [4.78, 5) is 23.1. The van der Waals surface area contributed by atoms with Crippen LogP contribution in [0.1, 0.15) is 19.3 Å². The first-order valence-corrected chi connectivity index (χ1v) is 8.24. The van der Waals surface area contributed by atoms with Crippen molar-refractivity contribution in [1.29, 1.82) is 0 Å². The van der Waals surface area contributed by atoms with Gasteiger partial charge in [-0.1, -0.05) is 0 Å². The first-order valence-electron chi connectivity index (χ1n) is 6.80. The molecule has 0 heterocycles. The molecule has 4 unspecified atom stereocenters. The largest absolute Gasteiger partial charge is 0.486 e.